The number of nitrogens with two attached hydrogens (primary N) is 1. The second kappa shape index (κ2) is 16.3. The quantitative estimate of drug-likeness (QED) is 0.178. The summed E-state index contributed by atoms with van der Waals surface area (Å²) in [5.41, 5.74) is 5.54. The van der Waals surface area contributed by atoms with E-state index < -0.39 is 17.9 Å². The van der Waals surface area contributed by atoms with Gasteiger partial charge < -0.3 is 31.1 Å². The molecule has 9 nitrogen and oxygen atoms in total. The Morgan fingerprint density at radius 1 is 1.15 bits per heavy atom. The maximum Gasteiger partial charge on any atom is 0.354 e. The summed E-state index contributed by atoms with van der Waals surface area (Å²) in [6, 6.07) is 2.37. The second-order valence-electron chi connectivity index (χ2n) is 11.5. The minimum Gasteiger partial charge on any atom is -0.477 e. The van der Waals surface area contributed by atoms with Gasteiger partial charge in [-0.15, -0.1) is 0 Å². The van der Waals surface area contributed by atoms with Gasteiger partial charge in [0.1, 0.15) is 5.69 Å². The maximum atomic E-state index is 12.9. The van der Waals surface area contributed by atoms with E-state index in [2.05, 4.69) is 22.5 Å². The lowest BCUT2D eigenvalue weighted by Crippen LogP contribution is -2.56. The molecule has 0 spiro atoms. The number of amides is 2. The van der Waals surface area contributed by atoms with Gasteiger partial charge in [-0.3, -0.25) is 0 Å². The van der Waals surface area contributed by atoms with Crippen molar-refractivity contribution in [3.63, 3.8) is 0 Å². The number of anilines is 1. The summed E-state index contributed by atoms with van der Waals surface area (Å²) in [7, 11) is 0. The van der Waals surface area contributed by atoms with E-state index in [0.717, 1.165) is 31.6 Å². The number of pyridine rings is 1. The molecule has 232 valence electrons. The Morgan fingerprint density at radius 2 is 1.83 bits per heavy atom. The summed E-state index contributed by atoms with van der Waals surface area (Å²) in [5, 5.41) is 15.4. The molecule has 0 bridgehead atoms. The molecule has 3 aliphatic rings. The van der Waals surface area contributed by atoms with Gasteiger partial charge in [0.2, 0.25) is 5.88 Å². The number of alkyl halides is 2. The number of unbranched alkanes of at least 4 members (excludes halogenated alkanes) is 7. The highest BCUT2D eigenvalue weighted by atomic mass is 32.2. The molecule has 1 unspecified atom stereocenters. The molecule has 1 saturated carbocycles. The number of aromatic carboxylic acids is 1. The topological polar surface area (TPSA) is 130 Å². The molecule has 0 radical (unpaired) electrons. The van der Waals surface area contributed by atoms with Crippen LogP contribution >= 0.6 is 11.8 Å². The van der Waals surface area contributed by atoms with Crippen LogP contribution in [0.1, 0.15) is 88.0 Å². The monoisotopic (exact) mass is 599 g/mol. The minimum absolute atomic E-state index is 0.0703. The molecule has 5 N–H and O–H groups in total. The van der Waals surface area contributed by atoms with E-state index >= 15 is 0 Å². The van der Waals surface area contributed by atoms with Crippen LogP contribution in [-0.2, 0) is 0 Å². The Kier molecular flexibility index (Phi) is 13.2. The van der Waals surface area contributed by atoms with Crippen LogP contribution in [0.15, 0.2) is 12.1 Å². The lowest BCUT2D eigenvalue weighted by atomic mass is 9.98. The van der Waals surface area contributed by atoms with Crippen LogP contribution in [0.5, 0.6) is 5.88 Å². The molecule has 1 atom stereocenters. The normalized spacial score (nSPS) is 21.0. The first-order valence-electron chi connectivity index (χ1n) is 15.0. The number of hydrogen-bond acceptors (Lipinski definition) is 7. The molecule has 2 aliphatic heterocycles. The summed E-state index contributed by atoms with van der Waals surface area (Å²) in [6.45, 7) is 3.65. The van der Waals surface area contributed by atoms with Crippen molar-refractivity contribution in [1.82, 2.24) is 15.6 Å². The summed E-state index contributed by atoms with van der Waals surface area (Å²) < 4.78 is 31.4. The number of nitrogens with zero attached hydrogens (tertiary/aromatic N) is 2. The maximum absolute atomic E-state index is 12.9. The molecule has 0 aromatic carbocycles. The van der Waals surface area contributed by atoms with Gasteiger partial charge in [0.05, 0.1) is 19.7 Å². The lowest BCUT2D eigenvalue weighted by Gasteiger charge is -2.40. The van der Waals surface area contributed by atoms with E-state index in [4.69, 9.17) is 15.6 Å². The van der Waals surface area contributed by atoms with E-state index in [1.165, 1.54) is 74.2 Å². The number of carboxylic acid groups (broad SMARTS) is 1. The number of hydrogen-bond donors (Lipinski definition) is 4. The van der Waals surface area contributed by atoms with Gasteiger partial charge in [-0.25, -0.2) is 23.4 Å². The first kappa shape index (κ1) is 33.2. The van der Waals surface area contributed by atoms with Crippen molar-refractivity contribution in [2.45, 2.75) is 89.0 Å². The highest BCUT2D eigenvalue weighted by Crippen LogP contribution is 2.38. The zero-order chi connectivity index (χ0) is 29.7. The molecule has 2 saturated heterocycles. The van der Waals surface area contributed by atoms with E-state index in [0.29, 0.717) is 24.8 Å². The van der Waals surface area contributed by atoms with Crippen LogP contribution in [0, 0.1) is 5.92 Å². The van der Waals surface area contributed by atoms with Crippen LogP contribution < -0.4 is 26.0 Å². The van der Waals surface area contributed by atoms with Gasteiger partial charge in [-0.05, 0) is 56.0 Å². The van der Waals surface area contributed by atoms with E-state index in [-0.39, 0.29) is 30.2 Å². The first-order chi connectivity index (χ1) is 19.6. The molecule has 1 aromatic heterocycles. The van der Waals surface area contributed by atoms with Gasteiger partial charge >= 0.3 is 12.0 Å². The predicted molar refractivity (Wildman–Crippen MR) is 159 cm³/mol. The predicted octanol–water partition coefficient (Wildman–Crippen LogP) is 5.28. The fourth-order valence-corrected chi connectivity index (χ4v) is 6.30. The molecule has 1 aromatic rings. The highest BCUT2D eigenvalue weighted by Gasteiger charge is 2.45. The number of thioether (sulfide) groups is 1. The van der Waals surface area contributed by atoms with Crippen LogP contribution in [0.2, 0.25) is 0 Å². The molecule has 3 heterocycles. The average Bonchev–Trinajstić information content (AvgIpc) is 3.64. The second-order valence-corrected chi connectivity index (χ2v) is 12.6. The number of nitrogens with one attached hydrogen (secondary N) is 2. The van der Waals surface area contributed by atoms with Crippen LogP contribution in [-0.4, -0.2) is 77.8 Å². The SMILES string of the molecule is CCCCCCCCCCNC1(CNC(N)=O)CCSC1.O=C(O)c1ccc(N2CC(F)(F)C2)c(OCC2CC2)n1. The van der Waals surface area contributed by atoms with E-state index in [9.17, 15) is 18.4 Å². The molecule has 2 amide bonds. The third kappa shape index (κ3) is 11.8. The fraction of sp³-hybridized carbons (Fsp3) is 0.759. The zero-order valence-electron chi connectivity index (χ0n) is 24.3. The number of halogens is 2. The number of carbonyl (C=O) groups is 2. The summed E-state index contributed by atoms with van der Waals surface area (Å²) >= 11 is 1.96. The number of urea groups is 1. The van der Waals surface area contributed by atoms with E-state index in [1.54, 1.807) is 0 Å². The van der Waals surface area contributed by atoms with Crippen molar-refractivity contribution in [1.29, 1.82) is 0 Å². The van der Waals surface area contributed by atoms with Gasteiger partial charge in [0.25, 0.3) is 5.92 Å². The number of rotatable bonds is 17. The Labute approximate surface area is 246 Å². The van der Waals surface area contributed by atoms with Gasteiger partial charge in [0, 0.05) is 17.8 Å². The van der Waals surface area contributed by atoms with Crippen molar-refractivity contribution in [3.8, 4) is 5.88 Å². The Hall–Kier alpha value is -2.34. The van der Waals surface area contributed by atoms with E-state index in [1.807, 2.05) is 11.8 Å². The average molecular weight is 600 g/mol. The molecule has 41 heavy (non-hydrogen) atoms. The Bertz CT molecular complexity index is 969. The number of carbonyl (C=O) groups excluding carboxylic acids is 1. The zero-order valence-corrected chi connectivity index (χ0v) is 25.1. The van der Waals surface area contributed by atoms with Crippen molar-refractivity contribution >= 4 is 29.4 Å². The van der Waals surface area contributed by atoms with Crippen molar-refractivity contribution in [2.75, 3.05) is 49.2 Å². The highest BCUT2D eigenvalue weighted by molar-refractivity contribution is 7.99. The molecule has 4 rings (SSSR count). The Morgan fingerprint density at radius 3 is 2.39 bits per heavy atom. The smallest absolute Gasteiger partial charge is 0.354 e. The Balaban J connectivity index is 0.000000225. The number of carboxylic acids is 1. The molecular weight excluding hydrogens is 552 g/mol. The van der Waals surface area contributed by atoms with Gasteiger partial charge in [-0.1, -0.05) is 51.9 Å². The van der Waals surface area contributed by atoms with Crippen LogP contribution in [0.3, 0.4) is 0 Å². The minimum atomic E-state index is -2.70. The number of primary amides is 1. The fourth-order valence-electron chi connectivity index (χ4n) is 4.88. The third-order valence-corrected chi connectivity index (χ3v) is 8.88. The molecule has 3 fully saturated rings. The molecule has 1 aliphatic carbocycles. The first-order valence-corrected chi connectivity index (χ1v) is 16.1. The summed E-state index contributed by atoms with van der Waals surface area (Å²) in [4.78, 5) is 27.2. The van der Waals surface area contributed by atoms with Crippen molar-refractivity contribution < 1.29 is 28.2 Å². The summed E-state index contributed by atoms with van der Waals surface area (Å²) in [5.74, 6) is -1.01. The van der Waals surface area contributed by atoms with Gasteiger partial charge in [-0.2, -0.15) is 11.8 Å². The third-order valence-electron chi connectivity index (χ3n) is 7.63. The van der Waals surface area contributed by atoms with Gasteiger partial charge in [0.15, 0.2) is 5.69 Å². The van der Waals surface area contributed by atoms with Crippen molar-refractivity contribution in [2.24, 2.45) is 11.7 Å². The standard InChI is InChI=1S/C16H33N3OS.C13H14F2N2O3/c1-2-3-4-5-6-7-8-9-11-19-16(10-12-21-14-16)13-18-15(17)20;14-13(15)6-17(7-13)10-4-3-9(12(18)19)16-11(10)20-5-8-1-2-8/h19H,2-14H2,1H3,(H3,17,18,20);3-4,8H,1-2,5-7H2,(H,18,19). The van der Waals surface area contributed by atoms with Crippen molar-refractivity contribution in [3.05, 3.63) is 17.8 Å². The van der Waals surface area contributed by atoms with Crippen LogP contribution in [0.25, 0.3) is 0 Å². The largest absolute Gasteiger partial charge is 0.477 e. The number of aromatic nitrogens is 1. The molecular formula is C29H47F2N5O4S. The number of ether oxygens (including phenoxy) is 1. The summed E-state index contributed by atoms with van der Waals surface area (Å²) in [6.07, 6.45) is 14.1. The van der Waals surface area contributed by atoms with Crippen LogP contribution in [0.4, 0.5) is 19.3 Å². The molecule has 12 heteroatoms. The lowest BCUT2D eigenvalue weighted by molar-refractivity contribution is -0.0265.